The Morgan fingerprint density at radius 3 is 1.32 bits per heavy atom. The topological polar surface area (TPSA) is 66.8 Å². The van der Waals surface area contributed by atoms with E-state index in [2.05, 4.69) is 11.4 Å². The normalized spacial score (nSPS) is 11.4. The second kappa shape index (κ2) is 18.2. The van der Waals surface area contributed by atoms with E-state index in [9.17, 15) is 4.57 Å². The van der Waals surface area contributed by atoms with Crippen LogP contribution in [0.2, 0.25) is 0 Å². The number of unbranched alkanes of at least 4 members (excludes halogenated alkanes) is 13. The van der Waals surface area contributed by atoms with Crippen molar-refractivity contribution >= 4 is 30.9 Å². The zero-order valence-electron chi connectivity index (χ0n) is 13.8. The Morgan fingerprint density at radius 2 is 1.00 bits per heavy atom. The molecule has 0 aliphatic heterocycles. The standard InChI is InChI=1S/C16H35O4P.Mg.2H/c1-2-3-4-5-6-7-8-9-10-11-12-13-14-15-16-20-21(17,18)19;;;/h2-16H2,1H3,(H2,17,18,19);;;. The molecule has 0 rings (SSSR count). The lowest BCUT2D eigenvalue weighted by atomic mass is 10.0. The molecule has 0 saturated heterocycles. The van der Waals surface area contributed by atoms with Crippen LogP contribution in [0.15, 0.2) is 0 Å². The monoisotopic (exact) mass is 348 g/mol. The first-order chi connectivity index (χ1) is 10.1. The fraction of sp³-hybridized carbons (Fsp3) is 1.00. The lowest BCUT2D eigenvalue weighted by Gasteiger charge is -2.05. The highest BCUT2D eigenvalue weighted by Crippen LogP contribution is 2.35. The Labute approximate surface area is 153 Å². The molecule has 2 N–H and O–H groups in total. The van der Waals surface area contributed by atoms with Crippen LogP contribution in [0.1, 0.15) is 96.8 Å². The van der Waals surface area contributed by atoms with Gasteiger partial charge in [0.15, 0.2) is 0 Å². The van der Waals surface area contributed by atoms with E-state index in [1.807, 2.05) is 0 Å². The van der Waals surface area contributed by atoms with E-state index in [4.69, 9.17) is 9.79 Å². The van der Waals surface area contributed by atoms with Crippen LogP contribution in [0.4, 0.5) is 0 Å². The van der Waals surface area contributed by atoms with Gasteiger partial charge in [0.05, 0.1) is 6.61 Å². The molecule has 0 aromatic rings. The maximum absolute atomic E-state index is 10.4. The van der Waals surface area contributed by atoms with Crippen LogP contribution in [0, 0.1) is 0 Å². The Kier molecular flexibility index (Phi) is 20.8. The molecule has 0 unspecified atom stereocenters. The molecular formula is C16H37MgO4P. The van der Waals surface area contributed by atoms with Crippen molar-refractivity contribution in [3.05, 3.63) is 0 Å². The van der Waals surface area contributed by atoms with Gasteiger partial charge < -0.3 is 9.79 Å². The summed E-state index contributed by atoms with van der Waals surface area (Å²) in [5, 5.41) is 0. The Hall–Kier alpha value is 0.876. The van der Waals surface area contributed by atoms with Gasteiger partial charge in [-0.05, 0) is 6.42 Å². The zero-order valence-corrected chi connectivity index (χ0v) is 14.7. The van der Waals surface area contributed by atoms with Crippen LogP contribution in [0.5, 0.6) is 0 Å². The van der Waals surface area contributed by atoms with E-state index in [1.165, 1.54) is 70.6 Å². The second-order valence-corrected chi connectivity index (χ2v) is 7.16. The van der Waals surface area contributed by atoms with E-state index in [-0.39, 0.29) is 29.7 Å². The summed E-state index contributed by atoms with van der Waals surface area (Å²) < 4.78 is 14.8. The van der Waals surface area contributed by atoms with Crippen molar-refractivity contribution in [1.82, 2.24) is 0 Å². The quantitative estimate of drug-likeness (QED) is 0.242. The molecule has 0 aromatic carbocycles. The van der Waals surface area contributed by atoms with Crippen LogP contribution >= 0.6 is 7.82 Å². The molecule has 0 amide bonds. The van der Waals surface area contributed by atoms with E-state index in [0.717, 1.165) is 19.3 Å². The lowest BCUT2D eigenvalue weighted by molar-refractivity contribution is 0.193. The SMILES string of the molecule is CCCCCCCCCCCCCCCCOP(=O)(O)O.[MgH2]. The van der Waals surface area contributed by atoms with Gasteiger partial charge in [-0.15, -0.1) is 0 Å². The summed E-state index contributed by atoms with van der Waals surface area (Å²) in [5.74, 6) is 0. The molecule has 22 heavy (non-hydrogen) atoms. The van der Waals surface area contributed by atoms with Crippen LogP contribution in [0.3, 0.4) is 0 Å². The molecule has 0 aromatic heterocycles. The molecule has 0 heterocycles. The number of phosphoric acid groups is 1. The molecule has 132 valence electrons. The number of hydrogen-bond acceptors (Lipinski definition) is 2. The van der Waals surface area contributed by atoms with E-state index >= 15 is 0 Å². The Bertz CT molecular complexity index is 259. The minimum Gasteiger partial charge on any atom is -0.303 e. The third-order valence-electron chi connectivity index (χ3n) is 3.76. The molecule has 0 aliphatic rings. The summed E-state index contributed by atoms with van der Waals surface area (Å²) in [6, 6.07) is 0. The van der Waals surface area contributed by atoms with Gasteiger partial charge in [-0.1, -0.05) is 90.4 Å². The first kappa shape index (κ1) is 25.1. The third kappa shape index (κ3) is 23.1. The minimum atomic E-state index is -4.25. The summed E-state index contributed by atoms with van der Waals surface area (Å²) in [4.78, 5) is 17.0. The van der Waals surface area contributed by atoms with Crippen LogP contribution in [-0.4, -0.2) is 39.4 Å². The molecule has 0 fully saturated rings. The average molecular weight is 349 g/mol. The van der Waals surface area contributed by atoms with Crippen molar-refractivity contribution < 1.29 is 18.9 Å². The van der Waals surface area contributed by atoms with Crippen LogP contribution < -0.4 is 0 Å². The Morgan fingerprint density at radius 1 is 0.682 bits per heavy atom. The smallest absolute Gasteiger partial charge is 0.303 e. The fourth-order valence-corrected chi connectivity index (χ4v) is 2.85. The average Bonchev–Trinajstić information content (AvgIpc) is 2.42. The van der Waals surface area contributed by atoms with Gasteiger partial charge >= 0.3 is 30.9 Å². The highest BCUT2D eigenvalue weighted by atomic mass is 31.2. The summed E-state index contributed by atoms with van der Waals surface area (Å²) in [6.45, 7) is 2.42. The molecular weight excluding hydrogens is 311 g/mol. The number of hydrogen-bond donors (Lipinski definition) is 2. The lowest BCUT2D eigenvalue weighted by Crippen LogP contribution is -1.92. The van der Waals surface area contributed by atoms with Crippen molar-refractivity contribution in [2.75, 3.05) is 6.61 Å². The van der Waals surface area contributed by atoms with Crippen LogP contribution in [0.25, 0.3) is 0 Å². The molecule has 0 spiro atoms. The molecule has 0 radical (unpaired) electrons. The second-order valence-electron chi connectivity index (χ2n) is 5.92. The van der Waals surface area contributed by atoms with Crippen molar-refractivity contribution in [3.63, 3.8) is 0 Å². The largest absolute Gasteiger partial charge is 0.469 e. The third-order valence-corrected chi connectivity index (χ3v) is 4.28. The molecule has 0 bridgehead atoms. The molecule has 6 heteroatoms. The first-order valence-electron chi connectivity index (χ1n) is 8.76. The first-order valence-corrected chi connectivity index (χ1v) is 10.3. The van der Waals surface area contributed by atoms with Gasteiger partial charge in [-0.3, -0.25) is 4.52 Å². The van der Waals surface area contributed by atoms with Crippen molar-refractivity contribution in [2.24, 2.45) is 0 Å². The summed E-state index contributed by atoms with van der Waals surface area (Å²) >= 11 is 0. The predicted molar refractivity (Wildman–Crippen MR) is 96.9 cm³/mol. The number of rotatable bonds is 16. The van der Waals surface area contributed by atoms with Crippen molar-refractivity contribution in [3.8, 4) is 0 Å². The maximum atomic E-state index is 10.4. The van der Waals surface area contributed by atoms with Gasteiger partial charge in [0.2, 0.25) is 0 Å². The van der Waals surface area contributed by atoms with Gasteiger partial charge in [0.1, 0.15) is 0 Å². The minimum absolute atomic E-state index is 0. The van der Waals surface area contributed by atoms with Gasteiger partial charge in [-0.25, -0.2) is 4.57 Å². The molecule has 4 nitrogen and oxygen atoms in total. The fourth-order valence-electron chi connectivity index (χ4n) is 2.48. The maximum Gasteiger partial charge on any atom is 0.469 e. The van der Waals surface area contributed by atoms with Gasteiger partial charge in [-0.2, -0.15) is 0 Å². The van der Waals surface area contributed by atoms with E-state index < -0.39 is 7.82 Å². The Balaban J connectivity index is 0. The van der Waals surface area contributed by atoms with Gasteiger partial charge in [0, 0.05) is 0 Å². The highest BCUT2D eigenvalue weighted by molar-refractivity contribution is 7.46. The number of phosphoric ester groups is 1. The molecule has 0 saturated carbocycles. The van der Waals surface area contributed by atoms with Gasteiger partial charge in [0.25, 0.3) is 0 Å². The molecule has 0 aliphatic carbocycles. The highest BCUT2D eigenvalue weighted by Gasteiger charge is 2.12. The zero-order chi connectivity index (χ0) is 15.8. The predicted octanol–water partition coefficient (Wildman–Crippen LogP) is 4.66. The van der Waals surface area contributed by atoms with E-state index in [1.54, 1.807) is 0 Å². The van der Waals surface area contributed by atoms with Crippen molar-refractivity contribution in [2.45, 2.75) is 96.8 Å². The van der Waals surface area contributed by atoms with Crippen molar-refractivity contribution in [1.29, 1.82) is 0 Å². The summed E-state index contributed by atoms with van der Waals surface area (Å²) in [6.07, 6.45) is 17.8. The summed E-state index contributed by atoms with van der Waals surface area (Å²) in [7, 11) is -4.25. The molecule has 0 atom stereocenters. The summed E-state index contributed by atoms with van der Waals surface area (Å²) in [5.41, 5.74) is 0. The van der Waals surface area contributed by atoms with Crippen LogP contribution in [-0.2, 0) is 9.09 Å². The van der Waals surface area contributed by atoms with E-state index in [0.29, 0.717) is 0 Å².